The van der Waals surface area contributed by atoms with Gasteiger partial charge in [0.1, 0.15) is 0 Å². The fraction of sp³-hybridized carbons (Fsp3) is 0.364. The minimum Gasteiger partial charge on any atom is -0.380 e. The quantitative estimate of drug-likeness (QED) is 0.809. The molecule has 16 heavy (non-hydrogen) atoms. The van der Waals surface area contributed by atoms with Crippen molar-refractivity contribution in [2.24, 2.45) is 5.73 Å². The molecule has 2 N–H and O–H groups in total. The second-order valence-corrected chi connectivity index (χ2v) is 3.74. The van der Waals surface area contributed by atoms with Crippen molar-refractivity contribution in [3.8, 4) is 0 Å². The van der Waals surface area contributed by atoms with E-state index in [9.17, 15) is 9.18 Å². The van der Waals surface area contributed by atoms with Gasteiger partial charge in [-0.3, -0.25) is 4.79 Å². The van der Waals surface area contributed by atoms with Gasteiger partial charge in [0.2, 0.25) is 0 Å². The fourth-order valence-electron chi connectivity index (χ4n) is 1.36. The van der Waals surface area contributed by atoms with E-state index in [1.807, 2.05) is 0 Å². The van der Waals surface area contributed by atoms with Crippen molar-refractivity contribution < 1.29 is 13.9 Å². The Balaban J connectivity index is 3.10. The highest BCUT2D eigenvalue weighted by atomic mass is 35.5. The average Bonchev–Trinajstić information content (AvgIpc) is 2.23. The number of ketones is 1. The molecule has 0 radical (unpaired) electrons. The molecule has 0 fully saturated rings. The van der Waals surface area contributed by atoms with E-state index in [1.165, 1.54) is 19.2 Å². The van der Waals surface area contributed by atoms with Crippen molar-refractivity contribution in [1.29, 1.82) is 0 Å². The number of carbonyl (C=O) groups is 1. The molecule has 0 spiro atoms. The van der Waals surface area contributed by atoms with Gasteiger partial charge in [-0.2, -0.15) is 0 Å². The monoisotopic (exact) mass is 245 g/mol. The number of methoxy groups -OCH3 is 1. The lowest BCUT2D eigenvalue weighted by Gasteiger charge is -2.07. The second-order valence-electron chi connectivity index (χ2n) is 3.33. The lowest BCUT2D eigenvalue weighted by atomic mass is 10.0. The Kier molecular flexibility index (Phi) is 4.86. The Morgan fingerprint density at radius 2 is 2.25 bits per heavy atom. The molecule has 0 bridgehead atoms. The number of hydrogen-bond acceptors (Lipinski definition) is 3. The number of Topliss-reactive ketones (excluding diaryl/α,β-unsaturated/α-hetero) is 1. The van der Waals surface area contributed by atoms with Gasteiger partial charge in [-0.25, -0.2) is 4.39 Å². The number of ether oxygens (including phenoxy) is 1. The Morgan fingerprint density at radius 3 is 2.81 bits per heavy atom. The fourth-order valence-corrected chi connectivity index (χ4v) is 1.61. The predicted molar refractivity (Wildman–Crippen MR) is 60.1 cm³/mol. The van der Waals surface area contributed by atoms with Crippen LogP contribution in [0.4, 0.5) is 4.39 Å². The number of halogens is 2. The van der Waals surface area contributed by atoms with Crippen LogP contribution in [0.15, 0.2) is 12.1 Å². The van der Waals surface area contributed by atoms with Crippen LogP contribution in [0.2, 0.25) is 5.02 Å². The van der Waals surface area contributed by atoms with Crippen LogP contribution in [0.25, 0.3) is 0 Å². The van der Waals surface area contributed by atoms with Crippen LogP contribution in [0.1, 0.15) is 22.3 Å². The largest absolute Gasteiger partial charge is 0.380 e. The van der Waals surface area contributed by atoms with Crippen molar-refractivity contribution in [3.05, 3.63) is 34.1 Å². The highest BCUT2D eigenvalue weighted by Crippen LogP contribution is 2.22. The first-order valence-corrected chi connectivity index (χ1v) is 5.18. The Morgan fingerprint density at radius 1 is 1.56 bits per heavy atom. The molecular weight excluding hydrogens is 233 g/mol. The molecule has 1 aromatic carbocycles. The minimum absolute atomic E-state index is 0.0231. The molecule has 3 nitrogen and oxygen atoms in total. The smallest absolute Gasteiger partial charge is 0.167 e. The normalized spacial score (nSPS) is 10.5. The maximum atomic E-state index is 13.6. The van der Waals surface area contributed by atoms with Crippen LogP contribution < -0.4 is 5.73 Å². The zero-order chi connectivity index (χ0) is 12.1. The van der Waals surface area contributed by atoms with E-state index in [2.05, 4.69) is 0 Å². The molecule has 0 aromatic heterocycles. The van der Waals surface area contributed by atoms with Crippen molar-refractivity contribution >= 4 is 17.4 Å². The molecular formula is C11H13ClFNO2. The summed E-state index contributed by atoms with van der Waals surface area (Å²) in [5, 5.41) is -0.0741. The summed E-state index contributed by atoms with van der Waals surface area (Å²) in [5.41, 5.74) is 5.89. The van der Waals surface area contributed by atoms with Gasteiger partial charge in [-0.15, -0.1) is 0 Å². The molecule has 0 saturated heterocycles. The maximum absolute atomic E-state index is 13.6. The zero-order valence-corrected chi connectivity index (χ0v) is 9.68. The van der Waals surface area contributed by atoms with E-state index in [-0.39, 0.29) is 35.9 Å². The summed E-state index contributed by atoms with van der Waals surface area (Å²) < 4.78 is 18.5. The van der Waals surface area contributed by atoms with E-state index in [4.69, 9.17) is 22.1 Å². The third kappa shape index (κ3) is 3.01. The van der Waals surface area contributed by atoms with Crippen molar-refractivity contribution in [2.75, 3.05) is 13.7 Å². The first kappa shape index (κ1) is 13.1. The summed E-state index contributed by atoms with van der Waals surface area (Å²) in [6.07, 6.45) is 0.101. The van der Waals surface area contributed by atoms with Crippen LogP contribution >= 0.6 is 11.6 Å². The van der Waals surface area contributed by atoms with Crippen molar-refractivity contribution in [3.63, 3.8) is 0 Å². The molecule has 1 aromatic rings. The number of rotatable bonds is 5. The Labute approximate surface area is 98.3 Å². The zero-order valence-electron chi connectivity index (χ0n) is 8.93. The molecule has 0 amide bonds. The SMILES string of the molecule is COCc1cc(Cl)c(F)c(C(=O)CCN)c1. The molecule has 1 rings (SSSR count). The van der Waals surface area contributed by atoms with Gasteiger partial charge in [0.25, 0.3) is 0 Å². The number of nitrogens with two attached hydrogens (primary N) is 1. The predicted octanol–water partition coefficient (Wildman–Crippen LogP) is 2.16. The summed E-state index contributed by atoms with van der Waals surface area (Å²) in [7, 11) is 1.51. The van der Waals surface area contributed by atoms with Gasteiger partial charge in [0.05, 0.1) is 17.2 Å². The molecule has 0 heterocycles. The summed E-state index contributed by atoms with van der Waals surface area (Å²) in [4.78, 5) is 11.6. The van der Waals surface area contributed by atoms with Crippen molar-refractivity contribution in [1.82, 2.24) is 0 Å². The van der Waals surface area contributed by atoms with Gasteiger partial charge >= 0.3 is 0 Å². The first-order valence-electron chi connectivity index (χ1n) is 4.80. The summed E-state index contributed by atoms with van der Waals surface area (Å²) in [6, 6.07) is 2.89. The van der Waals surface area contributed by atoms with Crippen LogP contribution in [-0.2, 0) is 11.3 Å². The minimum atomic E-state index is -0.694. The first-order chi connectivity index (χ1) is 7.60. The van der Waals surface area contributed by atoms with Gasteiger partial charge in [0, 0.05) is 13.5 Å². The number of carbonyl (C=O) groups excluding carboxylic acids is 1. The third-order valence-electron chi connectivity index (χ3n) is 2.07. The van der Waals surface area contributed by atoms with Crippen molar-refractivity contribution in [2.45, 2.75) is 13.0 Å². The molecule has 0 aliphatic carbocycles. The number of hydrogen-bond donors (Lipinski definition) is 1. The Bertz CT molecular complexity index is 396. The van der Waals surface area contributed by atoms with Gasteiger partial charge in [0.15, 0.2) is 11.6 Å². The summed E-state index contributed by atoms with van der Waals surface area (Å²) >= 11 is 5.68. The molecule has 0 atom stereocenters. The Hall–Kier alpha value is -0.970. The van der Waals surface area contributed by atoms with Crippen LogP contribution in [-0.4, -0.2) is 19.4 Å². The van der Waals surface area contributed by atoms with E-state index in [1.54, 1.807) is 0 Å². The maximum Gasteiger partial charge on any atom is 0.167 e. The lowest BCUT2D eigenvalue weighted by Crippen LogP contribution is -2.10. The summed E-state index contributed by atoms with van der Waals surface area (Å²) in [5.74, 6) is -1.04. The second kappa shape index (κ2) is 5.94. The molecule has 0 saturated carbocycles. The van der Waals surface area contributed by atoms with Crippen LogP contribution in [0, 0.1) is 5.82 Å². The van der Waals surface area contributed by atoms with E-state index >= 15 is 0 Å². The van der Waals surface area contributed by atoms with Gasteiger partial charge < -0.3 is 10.5 Å². The lowest BCUT2D eigenvalue weighted by molar-refractivity contribution is 0.0981. The molecule has 5 heteroatoms. The molecule has 0 aliphatic rings. The molecule has 88 valence electrons. The van der Waals surface area contributed by atoms with E-state index < -0.39 is 5.82 Å². The standard InChI is InChI=1S/C11H13ClFNO2/c1-16-6-7-4-8(10(15)2-3-14)11(13)9(12)5-7/h4-5H,2-3,6,14H2,1H3. The highest BCUT2D eigenvalue weighted by Gasteiger charge is 2.15. The van der Waals surface area contributed by atoms with Gasteiger partial charge in [-0.1, -0.05) is 11.6 Å². The topological polar surface area (TPSA) is 52.3 Å². The average molecular weight is 246 g/mol. The van der Waals surface area contributed by atoms with E-state index in [0.29, 0.717) is 5.56 Å². The van der Waals surface area contributed by atoms with Gasteiger partial charge in [-0.05, 0) is 24.2 Å². The molecule has 0 unspecified atom stereocenters. The van der Waals surface area contributed by atoms with Crippen LogP contribution in [0.3, 0.4) is 0 Å². The van der Waals surface area contributed by atoms with E-state index in [0.717, 1.165) is 0 Å². The highest BCUT2D eigenvalue weighted by molar-refractivity contribution is 6.31. The van der Waals surface area contributed by atoms with Crippen LogP contribution in [0.5, 0.6) is 0 Å². The summed E-state index contributed by atoms with van der Waals surface area (Å²) in [6.45, 7) is 0.466. The number of benzene rings is 1. The molecule has 0 aliphatic heterocycles. The third-order valence-corrected chi connectivity index (χ3v) is 2.35.